The summed E-state index contributed by atoms with van der Waals surface area (Å²) in [5.74, 6) is 0.211. The van der Waals surface area contributed by atoms with E-state index in [1.54, 1.807) is 22.9 Å². The van der Waals surface area contributed by atoms with Gasteiger partial charge in [0, 0.05) is 6.20 Å². The second-order valence-electron chi connectivity index (χ2n) is 4.37. The van der Waals surface area contributed by atoms with Crippen molar-refractivity contribution in [2.75, 3.05) is 0 Å². The Morgan fingerprint density at radius 3 is 2.80 bits per heavy atom. The number of imidazole rings is 1. The second-order valence-corrected chi connectivity index (χ2v) is 5.04. The lowest BCUT2D eigenvalue weighted by atomic mass is 10.2. The first-order valence-corrected chi connectivity index (χ1v) is 6.88. The number of fused-ring (bicyclic) bond motifs is 1. The molecule has 0 aliphatic heterocycles. The van der Waals surface area contributed by atoms with Gasteiger partial charge in [0.05, 0.1) is 10.9 Å². The van der Waals surface area contributed by atoms with Crippen molar-refractivity contribution >= 4 is 34.4 Å². The average molecular weight is 310 g/mol. The molecule has 0 fully saturated rings. The van der Waals surface area contributed by atoms with Gasteiger partial charge in [-0.2, -0.15) is 0 Å². The van der Waals surface area contributed by atoms with E-state index in [2.05, 4.69) is 9.97 Å². The molecule has 3 nitrogen and oxygen atoms in total. The van der Waals surface area contributed by atoms with Crippen LogP contribution in [-0.4, -0.2) is 14.5 Å². The summed E-state index contributed by atoms with van der Waals surface area (Å²) in [6, 6.07) is 6.38. The summed E-state index contributed by atoms with van der Waals surface area (Å²) in [5, 5.41) is 0.291. The fourth-order valence-electron chi connectivity index (χ4n) is 2.17. The normalized spacial score (nSPS) is 11.2. The third-order valence-electron chi connectivity index (χ3n) is 3.10. The molecule has 0 radical (unpaired) electrons. The van der Waals surface area contributed by atoms with Gasteiger partial charge in [0.1, 0.15) is 22.8 Å². The van der Waals surface area contributed by atoms with Gasteiger partial charge in [0.2, 0.25) is 0 Å². The largest absolute Gasteiger partial charge is 0.275 e. The molecule has 102 valence electrons. The van der Waals surface area contributed by atoms with Crippen LogP contribution in [0.1, 0.15) is 11.4 Å². The lowest BCUT2D eigenvalue weighted by molar-refractivity contribution is 0.617. The zero-order chi connectivity index (χ0) is 14.3. The van der Waals surface area contributed by atoms with Gasteiger partial charge in [-0.25, -0.2) is 14.4 Å². The zero-order valence-electron chi connectivity index (χ0n) is 10.6. The smallest absolute Gasteiger partial charge is 0.165 e. The fraction of sp³-hybridized carbons (Fsp3) is 0.143. The number of para-hydroxylation sites is 1. The number of alkyl halides is 1. The molecule has 0 bridgehead atoms. The van der Waals surface area contributed by atoms with Crippen LogP contribution in [0, 0.1) is 12.7 Å². The van der Waals surface area contributed by atoms with Crippen molar-refractivity contribution < 1.29 is 4.39 Å². The van der Waals surface area contributed by atoms with E-state index in [0.717, 1.165) is 5.56 Å². The van der Waals surface area contributed by atoms with Gasteiger partial charge in [-0.1, -0.05) is 17.7 Å². The molecule has 3 aromatic rings. The van der Waals surface area contributed by atoms with Crippen LogP contribution in [0.3, 0.4) is 0 Å². The van der Waals surface area contributed by atoms with Crippen molar-refractivity contribution in [1.82, 2.24) is 14.5 Å². The predicted octanol–water partition coefficient (Wildman–Crippen LogP) is 4.26. The predicted molar refractivity (Wildman–Crippen MR) is 78.1 cm³/mol. The standard InChI is InChI=1S/C14H10Cl2FN3/c1-8-5-6-18-14-12(8)19-11(7-15)20(14)13-9(16)3-2-4-10(13)17/h2-6H,7H2,1H3. The average Bonchev–Trinajstić information content (AvgIpc) is 2.79. The fourth-order valence-corrected chi connectivity index (χ4v) is 2.59. The highest BCUT2D eigenvalue weighted by Crippen LogP contribution is 2.29. The number of benzene rings is 1. The lowest BCUT2D eigenvalue weighted by Crippen LogP contribution is -2.03. The Kier molecular flexibility index (Phi) is 3.36. The van der Waals surface area contributed by atoms with Gasteiger partial charge in [-0.05, 0) is 30.7 Å². The number of halogens is 3. The van der Waals surface area contributed by atoms with Crippen LogP contribution in [-0.2, 0) is 5.88 Å². The number of hydrogen-bond donors (Lipinski definition) is 0. The molecule has 0 spiro atoms. The highest BCUT2D eigenvalue weighted by atomic mass is 35.5. The quantitative estimate of drug-likeness (QED) is 0.662. The van der Waals surface area contributed by atoms with Crippen molar-refractivity contribution in [3.8, 4) is 5.69 Å². The molecule has 2 aromatic heterocycles. The molecule has 0 atom stereocenters. The Balaban J connectivity index is 2.44. The van der Waals surface area contributed by atoms with Gasteiger partial charge in [0.25, 0.3) is 0 Å². The molecular weight excluding hydrogens is 300 g/mol. The summed E-state index contributed by atoms with van der Waals surface area (Å²) in [6.07, 6.45) is 1.66. The van der Waals surface area contributed by atoms with Crippen LogP contribution in [0.5, 0.6) is 0 Å². The lowest BCUT2D eigenvalue weighted by Gasteiger charge is -2.10. The maximum Gasteiger partial charge on any atom is 0.165 e. The minimum atomic E-state index is -0.438. The SMILES string of the molecule is Cc1ccnc2c1nc(CCl)n2-c1c(F)cccc1Cl. The van der Waals surface area contributed by atoms with Crippen molar-refractivity contribution in [2.24, 2.45) is 0 Å². The Morgan fingerprint density at radius 2 is 2.10 bits per heavy atom. The minimum Gasteiger partial charge on any atom is -0.275 e. The number of hydrogen-bond acceptors (Lipinski definition) is 2. The molecule has 6 heteroatoms. The topological polar surface area (TPSA) is 30.7 Å². The summed E-state index contributed by atoms with van der Waals surface area (Å²) >= 11 is 12.1. The molecule has 2 heterocycles. The van der Waals surface area contributed by atoms with Crippen molar-refractivity contribution in [3.63, 3.8) is 0 Å². The van der Waals surface area contributed by atoms with Gasteiger partial charge in [-0.15, -0.1) is 11.6 Å². The van der Waals surface area contributed by atoms with Crippen LogP contribution in [0.4, 0.5) is 4.39 Å². The van der Waals surface area contributed by atoms with E-state index in [1.807, 2.05) is 13.0 Å². The van der Waals surface area contributed by atoms with Crippen molar-refractivity contribution in [1.29, 1.82) is 0 Å². The monoisotopic (exact) mass is 309 g/mol. The van der Waals surface area contributed by atoms with Crippen LogP contribution in [0.25, 0.3) is 16.9 Å². The van der Waals surface area contributed by atoms with Gasteiger partial charge in [0.15, 0.2) is 5.65 Å². The first kappa shape index (κ1) is 13.3. The molecule has 1 aromatic carbocycles. The van der Waals surface area contributed by atoms with E-state index < -0.39 is 5.82 Å². The van der Waals surface area contributed by atoms with E-state index in [1.165, 1.54) is 6.07 Å². The first-order chi connectivity index (χ1) is 9.63. The highest BCUT2D eigenvalue weighted by Gasteiger charge is 2.19. The Bertz CT molecular complexity index is 778. The molecule has 0 unspecified atom stereocenters. The Morgan fingerprint density at radius 1 is 1.30 bits per heavy atom. The van der Waals surface area contributed by atoms with Crippen LogP contribution >= 0.6 is 23.2 Å². The molecule has 0 aliphatic rings. The highest BCUT2D eigenvalue weighted by molar-refractivity contribution is 6.32. The van der Waals surface area contributed by atoms with Crippen molar-refractivity contribution in [3.05, 3.63) is 52.7 Å². The molecule has 0 N–H and O–H groups in total. The number of aryl methyl sites for hydroxylation is 1. The molecular formula is C14H10Cl2FN3. The van der Waals surface area contributed by atoms with Gasteiger partial charge in [-0.3, -0.25) is 4.57 Å². The summed E-state index contributed by atoms with van der Waals surface area (Å²) < 4.78 is 15.7. The number of pyridine rings is 1. The maximum absolute atomic E-state index is 14.2. The minimum absolute atomic E-state index is 0.139. The zero-order valence-corrected chi connectivity index (χ0v) is 12.1. The molecule has 0 amide bonds. The molecule has 0 aliphatic carbocycles. The summed E-state index contributed by atoms with van der Waals surface area (Å²) in [5.41, 5.74) is 2.42. The van der Waals surface area contributed by atoms with Crippen molar-refractivity contribution in [2.45, 2.75) is 12.8 Å². The Labute approximate surface area is 125 Å². The second kappa shape index (κ2) is 5.04. The van der Waals surface area contributed by atoms with Gasteiger partial charge >= 0.3 is 0 Å². The van der Waals surface area contributed by atoms with Gasteiger partial charge < -0.3 is 0 Å². The molecule has 20 heavy (non-hydrogen) atoms. The summed E-state index contributed by atoms with van der Waals surface area (Å²) in [4.78, 5) is 8.72. The van der Waals surface area contributed by atoms with Crippen LogP contribution in [0.15, 0.2) is 30.5 Å². The van der Waals surface area contributed by atoms with Crippen LogP contribution < -0.4 is 0 Å². The Hall–Kier alpha value is -1.65. The molecule has 0 saturated heterocycles. The molecule has 3 rings (SSSR count). The molecule has 0 saturated carbocycles. The maximum atomic E-state index is 14.2. The van der Waals surface area contributed by atoms with E-state index in [4.69, 9.17) is 23.2 Å². The number of aromatic nitrogens is 3. The van der Waals surface area contributed by atoms with E-state index in [-0.39, 0.29) is 11.6 Å². The number of nitrogens with zero attached hydrogens (tertiary/aromatic N) is 3. The summed E-state index contributed by atoms with van der Waals surface area (Å²) in [7, 11) is 0. The van der Waals surface area contributed by atoms with E-state index in [9.17, 15) is 4.39 Å². The first-order valence-electron chi connectivity index (χ1n) is 5.96. The van der Waals surface area contributed by atoms with Crippen LogP contribution in [0.2, 0.25) is 5.02 Å². The number of rotatable bonds is 2. The van der Waals surface area contributed by atoms with E-state index >= 15 is 0 Å². The third-order valence-corrected chi connectivity index (χ3v) is 3.64. The third kappa shape index (κ3) is 1.96. The van der Waals surface area contributed by atoms with E-state index in [0.29, 0.717) is 22.0 Å². The summed E-state index contributed by atoms with van der Waals surface area (Å²) in [6.45, 7) is 1.92.